The van der Waals surface area contributed by atoms with E-state index in [-0.39, 0.29) is 48.5 Å². The Labute approximate surface area is 194 Å². The number of ether oxygens (including phenoxy) is 1. The molecule has 1 aliphatic heterocycles. The summed E-state index contributed by atoms with van der Waals surface area (Å²) < 4.78 is 5.53. The van der Waals surface area contributed by atoms with Crippen molar-refractivity contribution in [2.75, 3.05) is 20.7 Å². The second kappa shape index (κ2) is 13.3. The summed E-state index contributed by atoms with van der Waals surface area (Å²) in [5, 5.41) is 9.34. The van der Waals surface area contributed by atoms with Gasteiger partial charge in [-0.1, -0.05) is 40.5 Å². The van der Waals surface area contributed by atoms with E-state index in [4.69, 9.17) is 4.74 Å². The predicted octanol–water partition coefficient (Wildman–Crippen LogP) is 3.84. The fourth-order valence-electron chi connectivity index (χ4n) is 5.04. The molecule has 186 valence electrons. The van der Waals surface area contributed by atoms with Crippen LogP contribution in [0.5, 0.6) is 0 Å². The number of carbonyl (C=O) groups excluding carboxylic acids is 2. The number of nitrogens with zero attached hydrogens (tertiary/aromatic N) is 2. The monoisotopic (exact) mass is 454 g/mol. The van der Waals surface area contributed by atoms with Gasteiger partial charge in [0.1, 0.15) is 0 Å². The highest BCUT2D eigenvalue weighted by molar-refractivity contribution is 5.90. The van der Waals surface area contributed by atoms with Gasteiger partial charge in [-0.2, -0.15) is 0 Å². The van der Waals surface area contributed by atoms with Gasteiger partial charge >= 0.3 is 5.97 Å². The molecule has 1 amide bonds. The summed E-state index contributed by atoms with van der Waals surface area (Å²) in [5.74, 6) is -1.27. The first-order valence-corrected chi connectivity index (χ1v) is 12.3. The molecule has 0 aromatic rings. The number of likely N-dealkylation sites (tertiary alicyclic amines) is 1. The lowest BCUT2D eigenvalue weighted by Crippen LogP contribution is -2.53. The number of Topliss-reactive ketones (excluding diaryl/α,β-unsaturated/α-hetero) is 1. The zero-order valence-electron chi connectivity index (χ0n) is 21.5. The number of rotatable bonds is 13. The Morgan fingerprint density at radius 3 is 2.19 bits per heavy atom. The van der Waals surface area contributed by atoms with Crippen LogP contribution in [0.1, 0.15) is 80.1 Å². The first-order chi connectivity index (χ1) is 15.0. The lowest BCUT2D eigenvalue weighted by molar-refractivity contribution is -0.149. The molecule has 7 heteroatoms. The van der Waals surface area contributed by atoms with Gasteiger partial charge in [0.05, 0.1) is 24.6 Å². The second-order valence-electron chi connectivity index (χ2n) is 10.1. The van der Waals surface area contributed by atoms with E-state index in [9.17, 15) is 19.5 Å². The summed E-state index contributed by atoms with van der Waals surface area (Å²) in [5.41, 5.74) is 0. The molecule has 1 heterocycles. The molecule has 0 bridgehead atoms. The Kier molecular flexibility index (Phi) is 11.9. The molecule has 1 fully saturated rings. The van der Waals surface area contributed by atoms with Crippen LogP contribution in [0.4, 0.5) is 0 Å². The smallest absolute Gasteiger partial charge is 0.306 e. The number of hydrogen-bond acceptors (Lipinski definition) is 5. The van der Waals surface area contributed by atoms with Crippen molar-refractivity contribution in [3.05, 3.63) is 0 Å². The van der Waals surface area contributed by atoms with Crippen LogP contribution >= 0.6 is 0 Å². The minimum atomic E-state index is -0.951. The van der Waals surface area contributed by atoms with Crippen LogP contribution in [0.3, 0.4) is 0 Å². The number of carboxylic acids is 1. The number of hydrogen-bond donors (Lipinski definition) is 1. The fourth-order valence-corrected chi connectivity index (χ4v) is 5.04. The van der Waals surface area contributed by atoms with Crippen LogP contribution in [-0.2, 0) is 19.1 Å². The highest BCUT2D eigenvalue weighted by atomic mass is 16.5. The predicted molar refractivity (Wildman–Crippen MR) is 126 cm³/mol. The molecular weight excluding hydrogens is 408 g/mol. The number of carboxylic acid groups (broad SMARTS) is 1. The van der Waals surface area contributed by atoms with Crippen LogP contribution < -0.4 is 0 Å². The molecule has 1 unspecified atom stereocenters. The topological polar surface area (TPSA) is 87.1 Å². The van der Waals surface area contributed by atoms with E-state index in [0.717, 1.165) is 32.2 Å². The second-order valence-corrected chi connectivity index (χ2v) is 10.1. The van der Waals surface area contributed by atoms with Gasteiger partial charge in [0.25, 0.3) is 0 Å². The van der Waals surface area contributed by atoms with Crippen LogP contribution in [-0.4, -0.2) is 77.5 Å². The zero-order chi connectivity index (χ0) is 24.6. The maximum Gasteiger partial charge on any atom is 0.306 e. The lowest BCUT2D eigenvalue weighted by atomic mass is 9.84. The molecule has 0 aromatic heterocycles. The first-order valence-electron chi connectivity index (χ1n) is 12.3. The molecule has 7 nitrogen and oxygen atoms in total. The number of amides is 1. The number of carbonyl (C=O) groups is 3. The van der Waals surface area contributed by atoms with Gasteiger partial charge < -0.3 is 14.7 Å². The fraction of sp³-hybridized carbons (Fsp3) is 0.880. The lowest BCUT2D eigenvalue weighted by Gasteiger charge is -2.40. The Balaban J connectivity index is 3.10. The summed E-state index contributed by atoms with van der Waals surface area (Å²) in [6.07, 6.45) is 3.24. The first kappa shape index (κ1) is 28.6. The van der Waals surface area contributed by atoms with Crippen molar-refractivity contribution in [3.63, 3.8) is 0 Å². The molecule has 1 rings (SSSR count). The van der Waals surface area contributed by atoms with Gasteiger partial charge in [0.2, 0.25) is 5.91 Å². The standard InChI is InChI=1S/C25H46N2O5/c1-9-18(6)24(22(32-8)15-23(29)30)26(7)25(31)19(16(2)3)14-21(28)20-12-10-11-13-27(20)17(4)5/h16-20,22,24H,9-15H2,1-8H3,(H,29,30)/t18-,19-,20+,22+,24?/m0/s1. The van der Waals surface area contributed by atoms with Crippen LogP contribution in [0.2, 0.25) is 0 Å². The van der Waals surface area contributed by atoms with Crippen molar-refractivity contribution in [1.82, 2.24) is 9.80 Å². The van der Waals surface area contributed by atoms with E-state index in [1.54, 1.807) is 11.9 Å². The van der Waals surface area contributed by atoms with Gasteiger partial charge in [0, 0.05) is 32.5 Å². The summed E-state index contributed by atoms with van der Waals surface area (Å²) in [4.78, 5) is 42.3. The van der Waals surface area contributed by atoms with Crippen LogP contribution in [0.25, 0.3) is 0 Å². The average Bonchev–Trinajstić information content (AvgIpc) is 2.75. The van der Waals surface area contributed by atoms with Crippen molar-refractivity contribution < 1.29 is 24.2 Å². The number of piperidine rings is 1. The van der Waals surface area contributed by atoms with E-state index in [2.05, 4.69) is 18.7 Å². The van der Waals surface area contributed by atoms with Gasteiger partial charge in [-0.25, -0.2) is 0 Å². The Hall–Kier alpha value is -1.47. The van der Waals surface area contributed by atoms with Crippen molar-refractivity contribution in [1.29, 1.82) is 0 Å². The summed E-state index contributed by atoms with van der Waals surface area (Å²) >= 11 is 0. The minimum Gasteiger partial charge on any atom is -0.481 e. The van der Waals surface area contributed by atoms with Crippen molar-refractivity contribution in [2.45, 2.75) is 104 Å². The minimum absolute atomic E-state index is 0.00282. The highest BCUT2D eigenvalue weighted by Crippen LogP contribution is 2.28. The summed E-state index contributed by atoms with van der Waals surface area (Å²) in [7, 11) is 3.22. The van der Waals surface area contributed by atoms with E-state index >= 15 is 0 Å². The third-order valence-corrected chi connectivity index (χ3v) is 7.20. The zero-order valence-corrected chi connectivity index (χ0v) is 21.5. The number of likely N-dealkylation sites (N-methyl/N-ethyl adjacent to an activating group) is 1. The van der Waals surface area contributed by atoms with Crippen LogP contribution in [0, 0.1) is 17.8 Å². The van der Waals surface area contributed by atoms with E-state index < -0.39 is 18.0 Å². The Bertz CT molecular complexity index is 621. The van der Waals surface area contributed by atoms with E-state index in [0.29, 0.717) is 6.04 Å². The molecule has 0 saturated carbocycles. The molecule has 0 spiro atoms. The Morgan fingerprint density at radius 1 is 1.09 bits per heavy atom. The van der Waals surface area contributed by atoms with Gasteiger partial charge in [0.15, 0.2) is 5.78 Å². The molecule has 1 N–H and O–H groups in total. The largest absolute Gasteiger partial charge is 0.481 e. The Morgan fingerprint density at radius 2 is 1.72 bits per heavy atom. The molecule has 5 atom stereocenters. The quantitative estimate of drug-likeness (QED) is 0.455. The van der Waals surface area contributed by atoms with Gasteiger partial charge in [-0.15, -0.1) is 0 Å². The van der Waals surface area contributed by atoms with E-state index in [1.165, 1.54) is 7.11 Å². The SMILES string of the molecule is CC[C@H](C)C([C@@H](CC(=O)O)OC)N(C)C(=O)[C@@H](CC(=O)[C@H]1CCCCN1C(C)C)C(C)C. The van der Waals surface area contributed by atoms with Crippen molar-refractivity contribution in [3.8, 4) is 0 Å². The number of aliphatic carboxylic acids is 1. The number of ketones is 1. The van der Waals surface area contributed by atoms with Crippen LogP contribution in [0.15, 0.2) is 0 Å². The molecule has 1 saturated heterocycles. The van der Waals surface area contributed by atoms with Gasteiger partial charge in [-0.05, 0) is 45.1 Å². The van der Waals surface area contributed by atoms with E-state index in [1.807, 2.05) is 27.7 Å². The molecule has 0 radical (unpaired) electrons. The van der Waals surface area contributed by atoms with Crippen molar-refractivity contribution >= 4 is 17.7 Å². The molecule has 1 aliphatic rings. The third-order valence-electron chi connectivity index (χ3n) is 7.20. The molecule has 0 aromatic carbocycles. The average molecular weight is 455 g/mol. The van der Waals surface area contributed by atoms with Crippen molar-refractivity contribution in [2.24, 2.45) is 17.8 Å². The highest BCUT2D eigenvalue weighted by Gasteiger charge is 2.39. The molecule has 32 heavy (non-hydrogen) atoms. The van der Waals surface area contributed by atoms with Gasteiger partial charge in [-0.3, -0.25) is 19.3 Å². The normalized spacial score (nSPS) is 21.2. The summed E-state index contributed by atoms with van der Waals surface area (Å²) in [6, 6.07) is -0.188. The number of methoxy groups -OCH3 is 1. The molecular formula is C25H46N2O5. The molecule has 0 aliphatic carbocycles. The maximum atomic E-state index is 13.6. The summed E-state index contributed by atoms with van der Waals surface area (Å²) in [6.45, 7) is 13.2. The third kappa shape index (κ3) is 7.55. The maximum absolute atomic E-state index is 13.6.